The van der Waals surface area contributed by atoms with Gasteiger partial charge in [0.15, 0.2) is 5.96 Å². The number of hydrogen-bond acceptors (Lipinski definition) is 15. The van der Waals surface area contributed by atoms with Crippen LogP contribution < -0.4 is 59.3 Å². The van der Waals surface area contributed by atoms with Gasteiger partial charge in [-0.05, 0) is 80.7 Å². The second kappa shape index (κ2) is 31.5. The molecular formula is C56H78N16O13. The van der Waals surface area contributed by atoms with E-state index in [1.807, 2.05) is 0 Å². The van der Waals surface area contributed by atoms with E-state index >= 15 is 0 Å². The topological polar surface area (TPSA) is 452 Å². The van der Waals surface area contributed by atoms with E-state index < -0.39 is 115 Å². The summed E-state index contributed by atoms with van der Waals surface area (Å²) in [6.07, 6.45) is 5.39. The Morgan fingerprint density at radius 3 is 1.89 bits per heavy atom. The van der Waals surface area contributed by atoms with Crippen molar-refractivity contribution in [2.45, 2.75) is 139 Å². The van der Waals surface area contributed by atoms with E-state index in [-0.39, 0.29) is 93.9 Å². The molecule has 6 rings (SSSR count). The van der Waals surface area contributed by atoms with Crippen LogP contribution in [0.5, 0.6) is 5.75 Å². The van der Waals surface area contributed by atoms with Crippen LogP contribution in [0.1, 0.15) is 82.5 Å². The van der Waals surface area contributed by atoms with Gasteiger partial charge in [-0.15, -0.1) is 0 Å². The summed E-state index contributed by atoms with van der Waals surface area (Å²) in [4.78, 5) is 153. The molecule has 4 aromatic rings. The molecule has 29 heteroatoms. The van der Waals surface area contributed by atoms with Gasteiger partial charge in [0.05, 0.1) is 19.5 Å². The van der Waals surface area contributed by atoms with Crippen LogP contribution in [0.15, 0.2) is 72.2 Å². The molecule has 2 fully saturated rings. The predicted molar refractivity (Wildman–Crippen MR) is 308 cm³/mol. The third-order valence-corrected chi connectivity index (χ3v) is 14.4. The molecule has 10 amide bonds. The highest BCUT2D eigenvalue weighted by molar-refractivity contribution is 5.99. The average molecular weight is 1180 g/mol. The molecule has 2 aliphatic rings. The number of aliphatic hydroxyl groups is 2. The van der Waals surface area contributed by atoms with Crippen molar-refractivity contribution in [2.24, 2.45) is 22.4 Å². The Hall–Kier alpha value is -9.12. The van der Waals surface area contributed by atoms with Crippen LogP contribution in [-0.4, -0.2) is 187 Å². The molecule has 0 aliphatic carbocycles. The minimum absolute atomic E-state index is 0.0214. The average Bonchev–Trinajstić information content (AvgIpc) is 4.56. The number of amides is 10. The van der Waals surface area contributed by atoms with Gasteiger partial charge >= 0.3 is 0 Å². The molecule has 0 radical (unpaired) electrons. The van der Waals surface area contributed by atoms with E-state index in [1.54, 1.807) is 51.2 Å². The number of hydrogen-bond donors (Lipinski definition) is 16. The SMILES string of the molecule is CCNC(=O)[C@@H]1CCCN1C(=O)[C@H](CCCN=C(N)N)NC(=O)[C@H](CC(C)C)NC(=O)[C@@H](CO)NC(=O)[C@H](Cc1ccc(O)cc1)NC(=O)[C@H](CO)NC(=O)[C@H](Cc1c[nH]c2ccccc12)NC(=O)[C@H](Cc1cnc[nH]1)NC(=O)[C@@H]1CCC(=O)N1. The zero-order valence-corrected chi connectivity index (χ0v) is 47.7. The number of benzene rings is 2. The fourth-order valence-corrected chi connectivity index (χ4v) is 10.00. The number of nitrogens with one attached hydrogen (secondary N) is 11. The molecular weight excluding hydrogens is 1100 g/mol. The van der Waals surface area contributed by atoms with E-state index in [9.17, 15) is 63.3 Å². The number of likely N-dealkylation sites (tertiary alicyclic amines) is 1. The van der Waals surface area contributed by atoms with Crippen LogP contribution in [0.2, 0.25) is 0 Å². The maximum atomic E-state index is 14.5. The first-order chi connectivity index (χ1) is 40.7. The summed E-state index contributed by atoms with van der Waals surface area (Å²) in [5.41, 5.74) is 13.1. The van der Waals surface area contributed by atoms with Gasteiger partial charge in [0, 0.05) is 74.3 Å². The number of nitrogens with two attached hydrogens (primary N) is 2. The maximum Gasteiger partial charge on any atom is 0.245 e. The summed E-state index contributed by atoms with van der Waals surface area (Å²) in [5, 5.41) is 55.4. The molecule has 0 unspecified atom stereocenters. The number of phenols is 1. The van der Waals surface area contributed by atoms with Crippen molar-refractivity contribution < 1.29 is 63.3 Å². The van der Waals surface area contributed by atoms with E-state index in [2.05, 4.69) is 67.8 Å². The highest BCUT2D eigenvalue weighted by Crippen LogP contribution is 2.22. The Bertz CT molecular complexity index is 3000. The Morgan fingerprint density at radius 2 is 1.31 bits per heavy atom. The monoisotopic (exact) mass is 1180 g/mol. The van der Waals surface area contributed by atoms with E-state index in [0.29, 0.717) is 47.1 Å². The maximum absolute atomic E-state index is 14.5. The lowest BCUT2D eigenvalue weighted by Crippen LogP contribution is -2.62. The number of phenolic OH excluding ortho intramolecular Hbond substituents is 1. The number of guanidine groups is 1. The second-order valence-electron chi connectivity index (χ2n) is 21.3. The zero-order valence-electron chi connectivity index (χ0n) is 47.7. The largest absolute Gasteiger partial charge is 0.508 e. The van der Waals surface area contributed by atoms with Crippen LogP contribution in [-0.2, 0) is 67.2 Å². The Balaban J connectivity index is 1.20. The van der Waals surface area contributed by atoms with E-state index in [0.717, 1.165) is 0 Å². The molecule has 4 heterocycles. The number of carbonyl (C=O) groups is 10. The van der Waals surface area contributed by atoms with Crippen LogP contribution in [0, 0.1) is 5.92 Å². The van der Waals surface area contributed by atoms with Gasteiger partial charge in [-0.3, -0.25) is 52.9 Å². The number of likely N-dealkylation sites (N-methyl/N-ethyl adjacent to an activating group) is 1. The predicted octanol–water partition coefficient (Wildman–Crippen LogP) is -3.49. The zero-order chi connectivity index (χ0) is 61.7. The Morgan fingerprint density at radius 1 is 0.718 bits per heavy atom. The number of para-hydroxylation sites is 1. The second-order valence-corrected chi connectivity index (χ2v) is 21.3. The van der Waals surface area contributed by atoms with Crippen molar-refractivity contribution in [3.05, 3.63) is 84.1 Å². The van der Waals surface area contributed by atoms with Crippen molar-refractivity contribution in [2.75, 3.05) is 32.8 Å². The lowest BCUT2D eigenvalue weighted by atomic mass is 10.0. The first kappa shape index (κ1) is 65.0. The van der Waals surface area contributed by atoms with Crippen LogP contribution in [0.4, 0.5) is 0 Å². The van der Waals surface area contributed by atoms with Gasteiger partial charge in [0.25, 0.3) is 0 Å². The Labute approximate surface area is 489 Å². The number of aromatic amines is 2. The molecule has 9 atom stereocenters. The molecule has 18 N–H and O–H groups in total. The molecule has 29 nitrogen and oxygen atoms in total. The summed E-state index contributed by atoms with van der Waals surface area (Å²) in [6, 6.07) is 0.504. The molecule has 0 saturated carbocycles. The van der Waals surface area contributed by atoms with Crippen LogP contribution in [0.25, 0.3) is 10.9 Å². The molecule has 2 aromatic heterocycles. The fourth-order valence-electron chi connectivity index (χ4n) is 10.00. The standard InChI is InChI=1S/C56H78N16O13/c1-4-60-54(84)45-12-8-20-72(45)55(85)38(11-7-19-61-56(57)58)65-48(78)39(21-30(2)3)66-52(82)43(27-73)70-49(79)40(22-31-13-15-34(75)16-14-31)67-53(83)44(28-74)71-50(80)41(23-32-25-62-36-10-6-5-9-35(32)36)68-51(81)42(24-33-26-59-29-63-33)69-47(77)37-17-18-46(76)64-37/h5-6,9-10,13-16,25-26,29-30,37-45,62,73-75H,4,7-8,11-12,17-24,27-28H2,1-3H3,(H,59,63)(H,60,84)(H,64,76)(H,65,78)(H,66,82)(H,67,83)(H,68,81)(H,69,77)(H,70,79)(H,71,80)(H4,57,58,61)/t37-,38-,39-,40-,41-,42-,43+,44-,45-/m0/s1. The number of aromatic hydroxyl groups is 1. The number of nitrogens with zero attached hydrogens (tertiary/aromatic N) is 3. The van der Waals surface area contributed by atoms with Gasteiger partial charge in [-0.25, -0.2) is 4.98 Å². The lowest BCUT2D eigenvalue weighted by Gasteiger charge is -2.30. The molecule has 85 heavy (non-hydrogen) atoms. The van der Waals surface area contributed by atoms with Gasteiger partial charge in [0.2, 0.25) is 59.1 Å². The third kappa shape index (κ3) is 18.9. The summed E-state index contributed by atoms with van der Waals surface area (Å²) >= 11 is 0. The molecule has 0 spiro atoms. The lowest BCUT2D eigenvalue weighted by molar-refractivity contribution is -0.142. The van der Waals surface area contributed by atoms with Crippen LogP contribution >= 0.6 is 0 Å². The van der Waals surface area contributed by atoms with E-state index in [1.165, 1.54) is 41.7 Å². The van der Waals surface area contributed by atoms with Crippen molar-refractivity contribution in [1.29, 1.82) is 0 Å². The Kier molecular flexibility index (Phi) is 24.1. The number of imidazole rings is 1. The summed E-state index contributed by atoms with van der Waals surface area (Å²) in [6.45, 7) is 3.95. The van der Waals surface area contributed by atoms with Crippen molar-refractivity contribution in [3.63, 3.8) is 0 Å². The minimum atomic E-state index is -1.80. The molecule has 0 bridgehead atoms. The normalized spacial score (nSPS) is 17.2. The smallest absolute Gasteiger partial charge is 0.245 e. The summed E-state index contributed by atoms with van der Waals surface area (Å²) < 4.78 is 0. The molecule has 2 saturated heterocycles. The number of rotatable bonds is 31. The van der Waals surface area contributed by atoms with Crippen molar-refractivity contribution in [1.82, 2.24) is 67.7 Å². The number of aromatic nitrogens is 3. The quantitative estimate of drug-likeness (QED) is 0.0132. The van der Waals surface area contributed by atoms with Gasteiger partial charge in [-0.2, -0.15) is 0 Å². The van der Waals surface area contributed by atoms with Crippen molar-refractivity contribution in [3.8, 4) is 5.75 Å². The van der Waals surface area contributed by atoms with Crippen molar-refractivity contribution >= 4 is 75.9 Å². The summed E-state index contributed by atoms with van der Waals surface area (Å²) in [7, 11) is 0. The van der Waals surface area contributed by atoms with Crippen LogP contribution in [0.3, 0.4) is 0 Å². The number of H-pyrrole nitrogens is 2. The van der Waals surface area contributed by atoms with Gasteiger partial charge in [0.1, 0.15) is 60.1 Å². The number of carbonyl (C=O) groups excluding carboxylic acids is 10. The van der Waals surface area contributed by atoms with Gasteiger partial charge in [-0.1, -0.05) is 44.2 Å². The first-order valence-electron chi connectivity index (χ1n) is 28.3. The first-order valence-corrected chi connectivity index (χ1v) is 28.3. The highest BCUT2D eigenvalue weighted by Gasteiger charge is 2.40. The number of fused-ring (bicyclic) bond motifs is 1. The molecule has 2 aromatic carbocycles. The molecule has 460 valence electrons. The number of aliphatic imine (C=N–C) groups is 1. The highest BCUT2D eigenvalue weighted by atomic mass is 16.3. The third-order valence-electron chi connectivity index (χ3n) is 14.4. The van der Waals surface area contributed by atoms with Gasteiger partial charge < -0.3 is 89.5 Å². The minimum Gasteiger partial charge on any atom is -0.508 e. The molecule has 2 aliphatic heterocycles. The summed E-state index contributed by atoms with van der Waals surface area (Å²) in [5.74, 6) is -8.16. The van der Waals surface area contributed by atoms with E-state index in [4.69, 9.17) is 11.5 Å². The number of aliphatic hydroxyl groups excluding tert-OH is 2. The fraction of sp³-hybridized carbons (Fsp3) is 0.500.